The zero-order valence-corrected chi connectivity index (χ0v) is 19.5. The third-order valence-electron chi connectivity index (χ3n) is 6.45. The first-order chi connectivity index (χ1) is 16.3. The van der Waals surface area contributed by atoms with Crippen LogP contribution in [0.3, 0.4) is 0 Å². The second kappa shape index (κ2) is 10.4. The highest BCUT2D eigenvalue weighted by atomic mass is 32.1. The van der Waals surface area contributed by atoms with Crippen LogP contribution < -0.4 is 0 Å². The van der Waals surface area contributed by atoms with Crippen molar-refractivity contribution in [2.45, 2.75) is 25.3 Å². The topological polar surface area (TPSA) is 40.6 Å². The molecule has 178 valence electrons. The first kappa shape index (κ1) is 24.0. The second-order valence-electron chi connectivity index (χ2n) is 8.53. The summed E-state index contributed by atoms with van der Waals surface area (Å²) in [7, 11) is 1.81. The van der Waals surface area contributed by atoms with Crippen LogP contribution in [0.15, 0.2) is 60.0 Å². The van der Waals surface area contributed by atoms with Crippen LogP contribution in [0, 0.1) is 23.4 Å². The molecule has 4 nitrogen and oxygen atoms in total. The van der Waals surface area contributed by atoms with Gasteiger partial charge in [-0.25, -0.2) is 13.2 Å². The largest absolute Gasteiger partial charge is 0.339 e. The van der Waals surface area contributed by atoms with Gasteiger partial charge in [0.1, 0.15) is 5.82 Å². The summed E-state index contributed by atoms with van der Waals surface area (Å²) in [6.45, 7) is 0.683. The van der Waals surface area contributed by atoms with E-state index >= 15 is 0 Å². The van der Waals surface area contributed by atoms with Gasteiger partial charge in [0, 0.05) is 32.2 Å². The molecule has 2 aromatic carbocycles. The standard InChI is InChI=1S/C26H25F3N2O2S/c1-30(26(33)24-8-5-13-34-24)23(14-17-6-3-2-4-7-17)18-9-11-31(12-10-18)25(32)19-15-21(28)22(29)16-20(19)27/h2-8,13,15-16,18,23H,9-12,14H2,1H3/t23-/m0/s1. The maximum atomic E-state index is 14.1. The van der Waals surface area contributed by atoms with Gasteiger partial charge in [0.2, 0.25) is 0 Å². The van der Waals surface area contributed by atoms with Crippen molar-refractivity contribution in [1.29, 1.82) is 0 Å². The van der Waals surface area contributed by atoms with Crippen LogP contribution in [0.2, 0.25) is 0 Å². The number of halogens is 3. The van der Waals surface area contributed by atoms with Crippen molar-refractivity contribution in [3.8, 4) is 0 Å². The van der Waals surface area contributed by atoms with Crippen LogP contribution in [0.5, 0.6) is 0 Å². The van der Waals surface area contributed by atoms with Gasteiger partial charge in [-0.2, -0.15) is 0 Å². The molecule has 0 unspecified atom stereocenters. The van der Waals surface area contributed by atoms with Gasteiger partial charge in [0.15, 0.2) is 11.6 Å². The summed E-state index contributed by atoms with van der Waals surface area (Å²) in [4.78, 5) is 29.8. The molecule has 4 rings (SSSR count). The lowest BCUT2D eigenvalue weighted by atomic mass is 9.84. The van der Waals surface area contributed by atoms with Crippen molar-refractivity contribution in [2.75, 3.05) is 20.1 Å². The minimum atomic E-state index is -1.32. The second-order valence-corrected chi connectivity index (χ2v) is 9.47. The van der Waals surface area contributed by atoms with Crippen LogP contribution in [-0.4, -0.2) is 47.8 Å². The Morgan fingerprint density at radius 2 is 1.68 bits per heavy atom. The molecule has 1 aliphatic rings. The van der Waals surface area contributed by atoms with Crippen LogP contribution in [0.4, 0.5) is 13.2 Å². The molecule has 1 atom stereocenters. The Morgan fingerprint density at radius 1 is 1.00 bits per heavy atom. The fraction of sp³-hybridized carbons (Fsp3) is 0.308. The molecule has 0 bridgehead atoms. The molecule has 1 fully saturated rings. The zero-order valence-electron chi connectivity index (χ0n) is 18.7. The summed E-state index contributed by atoms with van der Waals surface area (Å²) < 4.78 is 41.0. The number of amides is 2. The van der Waals surface area contributed by atoms with E-state index in [1.54, 1.807) is 11.0 Å². The van der Waals surface area contributed by atoms with Gasteiger partial charge < -0.3 is 9.80 Å². The summed E-state index contributed by atoms with van der Waals surface area (Å²) >= 11 is 1.40. The van der Waals surface area contributed by atoms with Crippen LogP contribution in [0.25, 0.3) is 0 Å². The Hall–Kier alpha value is -3.13. The Labute approximate surface area is 200 Å². The van der Waals surface area contributed by atoms with Crippen molar-refractivity contribution in [1.82, 2.24) is 9.80 Å². The van der Waals surface area contributed by atoms with Gasteiger partial charge >= 0.3 is 0 Å². The molecule has 0 aliphatic carbocycles. The Bertz CT molecular complexity index is 1150. The molecule has 1 aromatic heterocycles. The van der Waals surface area contributed by atoms with E-state index in [4.69, 9.17) is 0 Å². The average molecular weight is 487 g/mol. The highest BCUT2D eigenvalue weighted by molar-refractivity contribution is 7.12. The van der Waals surface area contributed by atoms with Crippen molar-refractivity contribution in [3.05, 3.63) is 93.4 Å². The molecular formula is C26H25F3N2O2S. The quantitative estimate of drug-likeness (QED) is 0.438. The number of benzene rings is 2. The van der Waals surface area contributed by atoms with Gasteiger partial charge in [-0.1, -0.05) is 36.4 Å². The number of carbonyl (C=O) groups excluding carboxylic acids is 2. The van der Waals surface area contributed by atoms with Gasteiger partial charge in [-0.3, -0.25) is 9.59 Å². The first-order valence-corrected chi connectivity index (χ1v) is 12.0. The fourth-order valence-corrected chi connectivity index (χ4v) is 5.25. The molecule has 0 saturated carbocycles. The van der Waals surface area contributed by atoms with Crippen molar-refractivity contribution in [3.63, 3.8) is 0 Å². The molecule has 1 saturated heterocycles. The number of rotatable bonds is 6. The lowest BCUT2D eigenvalue weighted by molar-refractivity contribution is 0.0522. The molecule has 2 amide bonds. The van der Waals surface area contributed by atoms with Crippen molar-refractivity contribution >= 4 is 23.2 Å². The lowest BCUT2D eigenvalue weighted by Gasteiger charge is -2.40. The fourth-order valence-electron chi connectivity index (χ4n) is 4.54. The molecule has 0 N–H and O–H groups in total. The minimum absolute atomic E-state index is 0.0432. The van der Waals surface area contributed by atoms with Gasteiger partial charge in [0.05, 0.1) is 10.4 Å². The molecule has 0 spiro atoms. The highest BCUT2D eigenvalue weighted by Crippen LogP contribution is 2.29. The van der Waals surface area contributed by atoms with Crippen LogP contribution in [0.1, 0.15) is 38.4 Å². The number of likely N-dealkylation sites (N-methyl/N-ethyl adjacent to an activating group) is 1. The maximum absolute atomic E-state index is 14.1. The SMILES string of the molecule is CN(C(=O)c1cccs1)[C@@H](Cc1ccccc1)C1CCN(C(=O)c2cc(F)c(F)cc2F)CC1. The Morgan fingerprint density at radius 3 is 2.32 bits per heavy atom. The number of hydrogen-bond acceptors (Lipinski definition) is 3. The molecule has 34 heavy (non-hydrogen) atoms. The van der Waals surface area contributed by atoms with E-state index in [0.29, 0.717) is 49.4 Å². The number of nitrogens with zero attached hydrogens (tertiary/aromatic N) is 2. The molecule has 2 heterocycles. The number of piperidine rings is 1. The smallest absolute Gasteiger partial charge is 0.263 e. The van der Waals surface area contributed by atoms with E-state index in [1.165, 1.54) is 16.2 Å². The summed E-state index contributed by atoms with van der Waals surface area (Å²) in [6.07, 6.45) is 1.89. The van der Waals surface area contributed by atoms with E-state index < -0.39 is 28.9 Å². The van der Waals surface area contributed by atoms with E-state index in [2.05, 4.69) is 0 Å². The summed E-state index contributed by atoms with van der Waals surface area (Å²) in [5, 5.41) is 1.87. The highest BCUT2D eigenvalue weighted by Gasteiger charge is 2.34. The lowest BCUT2D eigenvalue weighted by Crippen LogP contribution is -2.48. The van der Waals surface area contributed by atoms with E-state index in [9.17, 15) is 22.8 Å². The summed E-state index contributed by atoms with van der Waals surface area (Å²) in [6, 6.07) is 14.5. The average Bonchev–Trinajstić information content (AvgIpc) is 3.39. The third-order valence-corrected chi connectivity index (χ3v) is 7.31. The van der Waals surface area contributed by atoms with Crippen LogP contribution in [-0.2, 0) is 6.42 Å². The molecule has 3 aromatic rings. The molecule has 1 aliphatic heterocycles. The summed E-state index contributed by atoms with van der Waals surface area (Å²) in [5.74, 6) is -4.23. The van der Waals surface area contributed by atoms with Crippen molar-refractivity contribution in [2.24, 2.45) is 5.92 Å². The number of likely N-dealkylation sites (tertiary alicyclic amines) is 1. The van der Waals surface area contributed by atoms with Gasteiger partial charge in [0.25, 0.3) is 11.8 Å². The monoisotopic (exact) mass is 486 g/mol. The van der Waals surface area contributed by atoms with Crippen LogP contribution >= 0.6 is 11.3 Å². The summed E-state index contributed by atoms with van der Waals surface area (Å²) in [5.41, 5.74) is 0.642. The van der Waals surface area contributed by atoms with E-state index in [0.717, 1.165) is 5.56 Å². The number of carbonyl (C=O) groups is 2. The maximum Gasteiger partial charge on any atom is 0.263 e. The molecule has 0 radical (unpaired) electrons. The predicted molar refractivity (Wildman–Crippen MR) is 125 cm³/mol. The van der Waals surface area contributed by atoms with Gasteiger partial charge in [-0.05, 0) is 48.3 Å². The molecular weight excluding hydrogens is 461 g/mol. The van der Waals surface area contributed by atoms with E-state index in [-0.39, 0.29) is 17.9 Å². The predicted octanol–water partition coefficient (Wildman–Crippen LogP) is 5.40. The Balaban J connectivity index is 1.49. The number of hydrogen-bond donors (Lipinski definition) is 0. The third kappa shape index (κ3) is 5.17. The number of thiophene rings is 1. The van der Waals surface area contributed by atoms with Gasteiger partial charge in [-0.15, -0.1) is 11.3 Å². The van der Waals surface area contributed by atoms with E-state index in [1.807, 2.05) is 48.8 Å². The first-order valence-electron chi connectivity index (χ1n) is 11.1. The molecule has 8 heteroatoms. The normalized spacial score (nSPS) is 15.2. The Kier molecular flexibility index (Phi) is 7.36. The zero-order chi connectivity index (χ0) is 24.2. The van der Waals surface area contributed by atoms with Crippen molar-refractivity contribution < 1.29 is 22.8 Å². The minimum Gasteiger partial charge on any atom is -0.339 e.